The summed E-state index contributed by atoms with van der Waals surface area (Å²) in [4.78, 5) is 13.3. The molecule has 0 aliphatic rings. The van der Waals surface area contributed by atoms with Gasteiger partial charge in [-0.05, 0) is 30.2 Å². The number of fused-ring (bicyclic) bond motifs is 1. The number of ether oxygens (including phenoxy) is 1. The smallest absolute Gasteiger partial charge is 0.239 e. The van der Waals surface area contributed by atoms with Gasteiger partial charge in [0.2, 0.25) is 11.9 Å². The molecule has 6 nitrogen and oxygen atoms in total. The van der Waals surface area contributed by atoms with Gasteiger partial charge < -0.3 is 10.1 Å². The number of hydrogen-bond acceptors (Lipinski definition) is 5. The van der Waals surface area contributed by atoms with Crippen LogP contribution in [0, 0.1) is 6.92 Å². The van der Waals surface area contributed by atoms with E-state index < -0.39 is 0 Å². The summed E-state index contributed by atoms with van der Waals surface area (Å²) in [6.45, 7) is 3.28. The molecule has 0 fully saturated rings. The van der Waals surface area contributed by atoms with E-state index in [1.54, 1.807) is 13.4 Å². The number of nitrogens with one attached hydrogen (secondary N) is 1. The Kier molecular flexibility index (Phi) is 4.80. The maximum Gasteiger partial charge on any atom is 0.239 e. The van der Waals surface area contributed by atoms with Gasteiger partial charge in [-0.15, -0.1) is 0 Å². The van der Waals surface area contributed by atoms with Crippen LogP contribution in [0.1, 0.15) is 16.8 Å². The lowest BCUT2D eigenvalue weighted by molar-refractivity contribution is 0.186. The third-order valence-electron chi connectivity index (χ3n) is 4.47. The monoisotopic (exact) mass is 359 g/mol. The quantitative estimate of drug-likeness (QED) is 0.566. The van der Waals surface area contributed by atoms with Crippen LogP contribution in [0.4, 0.5) is 5.95 Å². The number of nitrogens with zero attached hydrogens (tertiary/aromatic N) is 4. The third kappa shape index (κ3) is 3.52. The summed E-state index contributed by atoms with van der Waals surface area (Å²) in [5, 5.41) is 4.42. The molecular formula is C21H21N5O. The zero-order valence-corrected chi connectivity index (χ0v) is 15.4. The predicted molar refractivity (Wildman–Crippen MR) is 106 cm³/mol. The number of hydrogen-bond donors (Lipinski definition) is 1. The molecule has 2 heterocycles. The van der Waals surface area contributed by atoms with E-state index in [0.717, 1.165) is 22.2 Å². The lowest BCUT2D eigenvalue weighted by Gasteiger charge is -2.09. The number of aryl methyl sites for hydroxylation is 1. The summed E-state index contributed by atoms with van der Waals surface area (Å²) in [5.41, 5.74) is 4.44. The summed E-state index contributed by atoms with van der Waals surface area (Å²) in [6, 6.07) is 18.5. The van der Waals surface area contributed by atoms with Crippen LogP contribution in [-0.2, 0) is 17.9 Å². The van der Waals surface area contributed by atoms with Crippen LogP contribution >= 0.6 is 0 Å². The second kappa shape index (κ2) is 7.55. The molecule has 0 aliphatic heterocycles. The average molecular weight is 359 g/mol. The van der Waals surface area contributed by atoms with E-state index in [1.807, 2.05) is 28.8 Å². The van der Waals surface area contributed by atoms with Gasteiger partial charge in [0.15, 0.2) is 0 Å². The molecule has 0 radical (unpaired) electrons. The normalized spacial score (nSPS) is 11.0. The standard InChI is InChI=1S/C21H21N5O/c1-15-11-18-17(13-27-2)9-6-10-19(18)26(15)21-24-14-23-20(25-21)22-12-16-7-4-3-5-8-16/h3-11,14H,12-13H2,1-2H3,(H,22,23,24,25). The van der Waals surface area contributed by atoms with Crippen molar-refractivity contribution in [3.8, 4) is 5.95 Å². The zero-order chi connectivity index (χ0) is 18.6. The Morgan fingerprint density at radius 1 is 1.04 bits per heavy atom. The van der Waals surface area contributed by atoms with Crippen LogP contribution in [0.3, 0.4) is 0 Å². The molecular weight excluding hydrogens is 338 g/mol. The first-order chi connectivity index (χ1) is 13.3. The fourth-order valence-corrected chi connectivity index (χ4v) is 3.23. The number of aromatic nitrogens is 4. The third-order valence-corrected chi connectivity index (χ3v) is 4.47. The molecule has 4 aromatic rings. The van der Waals surface area contributed by atoms with Crippen molar-refractivity contribution < 1.29 is 4.74 Å². The molecule has 0 aliphatic carbocycles. The minimum atomic E-state index is 0.554. The van der Waals surface area contributed by atoms with Crippen LogP contribution in [0.2, 0.25) is 0 Å². The highest BCUT2D eigenvalue weighted by Crippen LogP contribution is 2.26. The van der Waals surface area contributed by atoms with E-state index in [-0.39, 0.29) is 0 Å². The summed E-state index contributed by atoms with van der Waals surface area (Å²) >= 11 is 0. The minimum absolute atomic E-state index is 0.554. The minimum Gasteiger partial charge on any atom is -0.380 e. The van der Waals surface area contributed by atoms with Crippen molar-refractivity contribution in [1.29, 1.82) is 0 Å². The maximum atomic E-state index is 5.32. The molecule has 0 spiro atoms. The fourth-order valence-electron chi connectivity index (χ4n) is 3.23. The van der Waals surface area contributed by atoms with Gasteiger partial charge in [-0.25, -0.2) is 9.97 Å². The van der Waals surface area contributed by atoms with Gasteiger partial charge in [0.1, 0.15) is 6.33 Å². The fraction of sp³-hybridized carbons (Fsp3) is 0.190. The second-order valence-electron chi connectivity index (χ2n) is 6.35. The molecule has 0 saturated carbocycles. The molecule has 4 rings (SSSR count). The van der Waals surface area contributed by atoms with Crippen molar-refractivity contribution in [2.24, 2.45) is 0 Å². The topological polar surface area (TPSA) is 64.9 Å². The van der Waals surface area contributed by atoms with Crippen LogP contribution in [-0.4, -0.2) is 26.6 Å². The van der Waals surface area contributed by atoms with E-state index in [2.05, 4.69) is 57.5 Å². The van der Waals surface area contributed by atoms with E-state index in [1.165, 1.54) is 5.56 Å². The van der Waals surface area contributed by atoms with Gasteiger partial charge in [-0.1, -0.05) is 42.5 Å². The average Bonchev–Trinajstić information content (AvgIpc) is 3.04. The van der Waals surface area contributed by atoms with Crippen molar-refractivity contribution in [3.63, 3.8) is 0 Å². The molecule has 0 bridgehead atoms. The van der Waals surface area contributed by atoms with Gasteiger partial charge in [-0.2, -0.15) is 4.98 Å². The molecule has 27 heavy (non-hydrogen) atoms. The highest BCUT2D eigenvalue weighted by molar-refractivity contribution is 5.86. The maximum absolute atomic E-state index is 5.32. The van der Waals surface area contributed by atoms with E-state index >= 15 is 0 Å². The van der Waals surface area contributed by atoms with Crippen LogP contribution in [0.5, 0.6) is 0 Å². The van der Waals surface area contributed by atoms with Crippen molar-refractivity contribution in [1.82, 2.24) is 19.5 Å². The van der Waals surface area contributed by atoms with Crippen molar-refractivity contribution >= 4 is 16.9 Å². The Hall–Kier alpha value is -3.25. The van der Waals surface area contributed by atoms with Crippen molar-refractivity contribution in [2.45, 2.75) is 20.1 Å². The van der Waals surface area contributed by atoms with Crippen LogP contribution in [0.15, 0.2) is 60.9 Å². The molecule has 0 atom stereocenters. The van der Waals surface area contributed by atoms with Gasteiger partial charge >= 0.3 is 0 Å². The first-order valence-corrected chi connectivity index (χ1v) is 8.82. The lowest BCUT2D eigenvalue weighted by atomic mass is 10.1. The number of anilines is 1. The highest BCUT2D eigenvalue weighted by Gasteiger charge is 2.13. The Morgan fingerprint density at radius 3 is 2.70 bits per heavy atom. The van der Waals surface area contributed by atoms with Gasteiger partial charge in [0.25, 0.3) is 0 Å². The number of rotatable bonds is 6. The summed E-state index contributed by atoms with van der Waals surface area (Å²) in [7, 11) is 1.71. The van der Waals surface area contributed by atoms with Crippen LogP contribution < -0.4 is 5.32 Å². The van der Waals surface area contributed by atoms with Crippen molar-refractivity contribution in [3.05, 3.63) is 77.7 Å². The van der Waals surface area contributed by atoms with Crippen LogP contribution in [0.25, 0.3) is 16.9 Å². The zero-order valence-electron chi connectivity index (χ0n) is 15.4. The SMILES string of the molecule is COCc1cccc2c1cc(C)n2-c1ncnc(NCc2ccccc2)n1. The Balaban J connectivity index is 1.67. The summed E-state index contributed by atoms with van der Waals surface area (Å²) < 4.78 is 7.37. The first kappa shape index (κ1) is 17.2. The number of methoxy groups -OCH3 is 1. The number of benzene rings is 2. The largest absolute Gasteiger partial charge is 0.380 e. The van der Waals surface area contributed by atoms with E-state index in [4.69, 9.17) is 4.74 Å². The molecule has 0 unspecified atom stereocenters. The Labute approximate surface area is 157 Å². The van der Waals surface area contributed by atoms with Gasteiger partial charge in [0.05, 0.1) is 12.1 Å². The Bertz CT molecular complexity index is 1060. The molecule has 1 N–H and O–H groups in total. The van der Waals surface area contributed by atoms with Gasteiger partial charge in [-0.3, -0.25) is 4.57 Å². The first-order valence-electron chi connectivity index (χ1n) is 8.82. The Morgan fingerprint density at radius 2 is 1.89 bits per heavy atom. The van der Waals surface area contributed by atoms with E-state index in [0.29, 0.717) is 25.0 Å². The summed E-state index contributed by atoms with van der Waals surface area (Å²) in [6.07, 6.45) is 1.54. The molecule has 2 aromatic carbocycles. The molecule has 0 saturated heterocycles. The second-order valence-corrected chi connectivity index (χ2v) is 6.35. The van der Waals surface area contributed by atoms with E-state index in [9.17, 15) is 0 Å². The molecule has 0 amide bonds. The molecule has 136 valence electrons. The van der Waals surface area contributed by atoms with Gasteiger partial charge in [0, 0.05) is 24.7 Å². The molecule has 2 aromatic heterocycles. The molecule has 6 heteroatoms. The predicted octanol–water partition coefficient (Wildman–Crippen LogP) is 3.88. The highest BCUT2D eigenvalue weighted by atomic mass is 16.5. The van der Waals surface area contributed by atoms with Crippen molar-refractivity contribution in [2.75, 3.05) is 12.4 Å². The summed E-state index contributed by atoms with van der Waals surface area (Å²) in [5.74, 6) is 1.15. The lowest BCUT2D eigenvalue weighted by Crippen LogP contribution is -2.08.